The van der Waals surface area contributed by atoms with Crippen LogP contribution < -0.4 is 0 Å². The van der Waals surface area contributed by atoms with Gasteiger partial charge in [-0.05, 0) is 54.1 Å². The summed E-state index contributed by atoms with van der Waals surface area (Å²) in [5, 5.41) is 1.20. The second kappa shape index (κ2) is 6.53. The van der Waals surface area contributed by atoms with E-state index >= 15 is 0 Å². The second-order valence-electron chi connectivity index (χ2n) is 6.10. The number of benzene rings is 1. The molecule has 1 amide bonds. The number of halogens is 1. The Balaban J connectivity index is 1.55. The van der Waals surface area contributed by atoms with Crippen LogP contribution >= 0.6 is 23.8 Å². The SMILES string of the molecule is COCCCN1C(=O)C2OC3C=C(c4ccc(Cl)cc4)C=C3N2C1=S. The van der Waals surface area contributed by atoms with Crippen LogP contribution in [0.25, 0.3) is 5.57 Å². The van der Waals surface area contributed by atoms with E-state index in [1.165, 1.54) is 0 Å². The maximum atomic E-state index is 12.6. The van der Waals surface area contributed by atoms with Crippen LogP contribution in [0.5, 0.6) is 0 Å². The van der Waals surface area contributed by atoms with Gasteiger partial charge in [0.1, 0.15) is 6.10 Å². The van der Waals surface area contributed by atoms with E-state index < -0.39 is 6.23 Å². The topological polar surface area (TPSA) is 42.0 Å². The van der Waals surface area contributed by atoms with E-state index in [-0.39, 0.29) is 12.0 Å². The lowest BCUT2D eigenvalue weighted by Gasteiger charge is -2.19. The van der Waals surface area contributed by atoms with Gasteiger partial charge in [0, 0.05) is 25.3 Å². The minimum Gasteiger partial charge on any atom is -0.385 e. The lowest BCUT2D eigenvalue weighted by atomic mass is 10.1. The van der Waals surface area contributed by atoms with Gasteiger partial charge in [0.05, 0.1) is 5.70 Å². The van der Waals surface area contributed by atoms with Crippen molar-refractivity contribution in [3.63, 3.8) is 0 Å². The van der Waals surface area contributed by atoms with Crippen molar-refractivity contribution in [2.24, 2.45) is 0 Å². The first-order chi connectivity index (χ1) is 12.1. The third kappa shape index (κ3) is 2.79. The van der Waals surface area contributed by atoms with Crippen LogP contribution in [0, 0.1) is 0 Å². The van der Waals surface area contributed by atoms with Gasteiger partial charge in [-0.15, -0.1) is 0 Å². The molecule has 0 bridgehead atoms. The smallest absolute Gasteiger partial charge is 0.279 e. The van der Waals surface area contributed by atoms with Crippen molar-refractivity contribution >= 4 is 40.4 Å². The van der Waals surface area contributed by atoms with Gasteiger partial charge in [-0.3, -0.25) is 14.6 Å². The van der Waals surface area contributed by atoms with E-state index in [9.17, 15) is 4.79 Å². The molecule has 1 aromatic rings. The summed E-state index contributed by atoms with van der Waals surface area (Å²) in [4.78, 5) is 16.0. The molecule has 2 saturated heterocycles. The van der Waals surface area contributed by atoms with Crippen LogP contribution in [0.4, 0.5) is 0 Å². The van der Waals surface area contributed by atoms with Gasteiger partial charge in [-0.1, -0.05) is 23.7 Å². The number of carbonyl (C=O) groups excluding carboxylic acids is 1. The molecule has 5 nitrogen and oxygen atoms in total. The Hall–Kier alpha value is -1.73. The Bertz CT molecular complexity index is 790. The normalized spacial score (nSPS) is 24.6. The van der Waals surface area contributed by atoms with Crippen LogP contribution in [0.3, 0.4) is 0 Å². The molecule has 0 radical (unpaired) electrons. The van der Waals surface area contributed by atoms with Crippen molar-refractivity contribution in [1.29, 1.82) is 0 Å². The molecular weight excluding hydrogens is 360 g/mol. The Kier molecular flexibility index (Phi) is 4.37. The molecule has 7 heteroatoms. The Morgan fingerprint density at radius 1 is 1.32 bits per heavy atom. The van der Waals surface area contributed by atoms with Crippen molar-refractivity contribution in [2.75, 3.05) is 20.3 Å². The van der Waals surface area contributed by atoms with Gasteiger partial charge in [0.2, 0.25) is 6.23 Å². The average Bonchev–Trinajstić information content (AvgIpc) is 3.21. The standard InChI is InChI=1S/C18H17ClN2O3S/c1-23-8-2-7-20-16(22)17-21(18(20)25)14-9-12(10-15(14)24-17)11-3-5-13(19)6-4-11/h3-6,9-10,15,17H,2,7-8H2,1H3. The summed E-state index contributed by atoms with van der Waals surface area (Å²) in [7, 11) is 1.64. The number of hydrogen-bond acceptors (Lipinski definition) is 4. The molecule has 2 unspecified atom stereocenters. The van der Waals surface area contributed by atoms with Crippen molar-refractivity contribution in [3.8, 4) is 0 Å². The van der Waals surface area contributed by atoms with E-state index in [0.717, 1.165) is 23.3 Å². The molecule has 2 heterocycles. The van der Waals surface area contributed by atoms with Crippen molar-refractivity contribution in [2.45, 2.75) is 18.8 Å². The first kappa shape index (κ1) is 16.7. The third-order valence-electron chi connectivity index (χ3n) is 4.54. The second-order valence-corrected chi connectivity index (χ2v) is 6.90. The summed E-state index contributed by atoms with van der Waals surface area (Å²) in [6.45, 7) is 1.13. The van der Waals surface area contributed by atoms with Gasteiger partial charge in [0.15, 0.2) is 5.11 Å². The molecule has 0 N–H and O–H groups in total. The largest absolute Gasteiger partial charge is 0.385 e. The molecule has 130 valence electrons. The number of allylic oxidation sites excluding steroid dienone is 2. The molecule has 2 fully saturated rings. The van der Waals surface area contributed by atoms with Crippen LogP contribution in [0.15, 0.2) is 42.1 Å². The minimum absolute atomic E-state index is 0.0992. The lowest BCUT2D eigenvalue weighted by molar-refractivity contribution is -0.137. The molecular formula is C18H17ClN2O3S. The lowest BCUT2D eigenvalue weighted by Crippen LogP contribution is -2.35. The van der Waals surface area contributed by atoms with E-state index in [1.54, 1.807) is 12.0 Å². The van der Waals surface area contributed by atoms with E-state index in [1.807, 2.05) is 41.3 Å². The van der Waals surface area contributed by atoms with Crippen molar-refractivity contribution < 1.29 is 14.3 Å². The average molecular weight is 377 g/mol. The summed E-state index contributed by atoms with van der Waals surface area (Å²) in [6.07, 6.45) is 3.90. The van der Waals surface area contributed by atoms with Crippen LogP contribution in [-0.4, -0.2) is 53.4 Å². The predicted molar refractivity (Wildman–Crippen MR) is 98.8 cm³/mol. The maximum Gasteiger partial charge on any atom is 0.279 e. The van der Waals surface area contributed by atoms with Gasteiger partial charge in [-0.25, -0.2) is 0 Å². The highest BCUT2D eigenvalue weighted by molar-refractivity contribution is 7.80. The zero-order valence-corrected chi connectivity index (χ0v) is 15.2. The fourth-order valence-electron chi connectivity index (χ4n) is 3.32. The molecule has 1 aromatic carbocycles. The van der Waals surface area contributed by atoms with Gasteiger partial charge >= 0.3 is 0 Å². The number of rotatable bonds is 5. The van der Waals surface area contributed by atoms with Gasteiger partial charge < -0.3 is 9.47 Å². The van der Waals surface area contributed by atoms with Crippen molar-refractivity contribution in [1.82, 2.24) is 9.80 Å². The fraction of sp³-hybridized carbons (Fsp3) is 0.333. The summed E-state index contributed by atoms with van der Waals surface area (Å²) in [5.41, 5.74) is 3.02. The zero-order valence-electron chi connectivity index (χ0n) is 13.6. The molecule has 4 rings (SSSR count). The summed E-state index contributed by atoms with van der Waals surface area (Å²) in [6, 6.07) is 7.65. The van der Waals surface area contributed by atoms with Crippen LogP contribution in [0.1, 0.15) is 12.0 Å². The number of methoxy groups -OCH3 is 1. The van der Waals surface area contributed by atoms with Gasteiger partial charge in [0.25, 0.3) is 5.91 Å². The number of nitrogens with zero attached hydrogens (tertiary/aromatic N) is 2. The number of thiocarbonyl (C=S) groups is 1. The molecule has 0 spiro atoms. The molecule has 25 heavy (non-hydrogen) atoms. The predicted octanol–water partition coefficient (Wildman–Crippen LogP) is 2.81. The van der Waals surface area contributed by atoms with Crippen LogP contribution in [0.2, 0.25) is 5.02 Å². The Morgan fingerprint density at radius 3 is 2.80 bits per heavy atom. The maximum absolute atomic E-state index is 12.6. The Labute approximate surface area is 156 Å². The number of amides is 1. The molecule has 1 aliphatic carbocycles. The van der Waals surface area contributed by atoms with Gasteiger partial charge in [-0.2, -0.15) is 0 Å². The highest BCUT2D eigenvalue weighted by Gasteiger charge is 2.52. The number of carbonyl (C=O) groups is 1. The molecule has 2 atom stereocenters. The fourth-order valence-corrected chi connectivity index (χ4v) is 3.83. The monoisotopic (exact) mass is 376 g/mol. The molecule has 2 aliphatic heterocycles. The van der Waals surface area contributed by atoms with E-state index in [4.69, 9.17) is 33.3 Å². The quantitative estimate of drug-likeness (QED) is 0.584. The first-order valence-corrected chi connectivity index (χ1v) is 8.87. The molecule has 0 saturated carbocycles. The number of fused-ring (bicyclic) bond motifs is 3. The first-order valence-electron chi connectivity index (χ1n) is 8.08. The Morgan fingerprint density at radius 2 is 2.08 bits per heavy atom. The summed E-state index contributed by atoms with van der Waals surface area (Å²) in [5.74, 6) is -0.0992. The summed E-state index contributed by atoms with van der Waals surface area (Å²) >= 11 is 11.5. The third-order valence-corrected chi connectivity index (χ3v) is 5.21. The zero-order chi connectivity index (χ0) is 17.6. The molecule has 3 aliphatic rings. The van der Waals surface area contributed by atoms with E-state index in [0.29, 0.717) is 23.3 Å². The highest BCUT2D eigenvalue weighted by Crippen LogP contribution is 2.41. The minimum atomic E-state index is -0.644. The van der Waals surface area contributed by atoms with Crippen LogP contribution in [-0.2, 0) is 14.3 Å². The molecule has 0 aromatic heterocycles. The van der Waals surface area contributed by atoms with E-state index in [2.05, 4.69) is 0 Å². The van der Waals surface area contributed by atoms with Crippen molar-refractivity contribution in [3.05, 3.63) is 52.7 Å². The number of ether oxygens (including phenoxy) is 2. The number of hydrogen-bond donors (Lipinski definition) is 0. The highest BCUT2D eigenvalue weighted by atomic mass is 35.5. The summed E-state index contributed by atoms with van der Waals surface area (Å²) < 4.78 is 11.0.